The average molecular weight is 274 g/mol. The molecule has 1 aromatic rings. The molecule has 0 aliphatic carbocycles. The highest BCUT2D eigenvalue weighted by Gasteiger charge is 2.16. The Morgan fingerprint density at radius 3 is 2.65 bits per heavy atom. The van der Waals surface area contributed by atoms with Gasteiger partial charge in [0.2, 0.25) is 0 Å². The van der Waals surface area contributed by atoms with E-state index in [-0.39, 0.29) is 0 Å². The van der Waals surface area contributed by atoms with Crippen molar-refractivity contribution in [3.63, 3.8) is 0 Å². The summed E-state index contributed by atoms with van der Waals surface area (Å²) >= 11 is 0. The first-order valence-corrected chi connectivity index (χ1v) is 7.97. The molecule has 0 saturated carbocycles. The minimum atomic E-state index is 0.597. The Bertz CT molecular complexity index is 411. The normalized spacial score (nSPS) is 24.6. The Balaban J connectivity index is 1.57. The standard InChI is InChI=1S/C16H26N4/c1-19-9-4-5-14(8-12-19)18-15-6-7-16(17-13-15)20-10-2-3-11-20/h6-7,13-14,18H,2-5,8-12H2,1H3. The number of anilines is 2. The number of nitrogens with one attached hydrogen (secondary N) is 1. The van der Waals surface area contributed by atoms with Gasteiger partial charge in [-0.25, -0.2) is 4.98 Å². The maximum atomic E-state index is 4.62. The molecule has 1 atom stereocenters. The minimum absolute atomic E-state index is 0.597. The lowest BCUT2D eigenvalue weighted by molar-refractivity contribution is 0.348. The second kappa shape index (κ2) is 6.44. The van der Waals surface area contributed by atoms with Crippen LogP contribution in [0.15, 0.2) is 18.3 Å². The Hall–Kier alpha value is -1.29. The first-order valence-electron chi connectivity index (χ1n) is 7.97. The third-order valence-electron chi connectivity index (χ3n) is 4.50. The van der Waals surface area contributed by atoms with E-state index in [2.05, 4.69) is 39.3 Å². The predicted molar refractivity (Wildman–Crippen MR) is 84.4 cm³/mol. The van der Waals surface area contributed by atoms with E-state index < -0.39 is 0 Å². The third-order valence-corrected chi connectivity index (χ3v) is 4.50. The summed E-state index contributed by atoms with van der Waals surface area (Å²) in [6.07, 6.45) is 8.38. The van der Waals surface area contributed by atoms with E-state index in [4.69, 9.17) is 0 Å². The first-order chi connectivity index (χ1) is 9.81. The zero-order valence-corrected chi connectivity index (χ0v) is 12.5. The van der Waals surface area contributed by atoms with E-state index in [1.165, 1.54) is 50.9 Å². The molecule has 1 aromatic heterocycles. The van der Waals surface area contributed by atoms with Gasteiger partial charge < -0.3 is 15.1 Å². The van der Waals surface area contributed by atoms with E-state index in [1.807, 2.05) is 6.20 Å². The lowest BCUT2D eigenvalue weighted by Crippen LogP contribution is -2.23. The first kappa shape index (κ1) is 13.7. The van der Waals surface area contributed by atoms with Gasteiger partial charge in [0, 0.05) is 19.1 Å². The Kier molecular flexibility index (Phi) is 4.41. The number of likely N-dealkylation sites (tertiary alicyclic amines) is 1. The topological polar surface area (TPSA) is 31.4 Å². The van der Waals surface area contributed by atoms with Crippen LogP contribution < -0.4 is 10.2 Å². The molecule has 1 N–H and O–H groups in total. The zero-order valence-electron chi connectivity index (χ0n) is 12.5. The molecule has 0 spiro atoms. The molecule has 110 valence electrons. The summed E-state index contributed by atoms with van der Waals surface area (Å²) < 4.78 is 0. The maximum Gasteiger partial charge on any atom is 0.128 e. The molecule has 4 heteroatoms. The molecular weight excluding hydrogens is 248 g/mol. The van der Waals surface area contributed by atoms with Crippen LogP contribution in [0.2, 0.25) is 0 Å². The van der Waals surface area contributed by atoms with E-state index in [0.717, 1.165) is 18.9 Å². The Morgan fingerprint density at radius 1 is 1.05 bits per heavy atom. The zero-order chi connectivity index (χ0) is 13.8. The molecule has 4 nitrogen and oxygen atoms in total. The quantitative estimate of drug-likeness (QED) is 0.918. The van der Waals surface area contributed by atoms with Crippen molar-refractivity contribution in [1.82, 2.24) is 9.88 Å². The molecule has 2 fully saturated rings. The van der Waals surface area contributed by atoms with Gasteiger partial charge in [0.1, 0.15) is 5.82 Å². The summed E-state index contributed by atoms with van der Waals surface area (Å²) in [5.41, 5.74) is 1.17. The van der Waals surface area contributed by atoms with Gasteiger partial charge in [-0.15, -0.1) is 0 Å². The van der Waals surface area contributed by atoms with Crippen LogP contribution in [0.5, 0.6) is 0 Å². The summed E-state index contributed by atoms with van der Waals surface area (Å²) in [5.74, 6) is 1.13. The van der Waals surface area contributed by atoms with Crippen molar-refractivity contribution in [2.75, 3.05) is 43.4 Å². The van der Waals surface area contributed by atoms with Gasteiger partial charge in [0.15, 0.2) is 0 Å². The molecule has 0 radical (unpaired) electrons. The van der Waals surface area contributed by atoms with Crippen LogP contribution in [-0.2, 0) is 0 Å². The Labute approximate surface area is 122 Å². The summed E-state index contributed by atoms with van der Waals surface area (Å²) in [5, 5.41) is 3.65. The summed E-state index contributed by atoms with van der Waals surface area (Å²) in [6, 6.07) is 4.95. The van der Waals surface area contributed by atoms with Crippen molar-refractivity contribution in [2.45, 2.75) is 38.1 Å². The number of aromatic nitrogens is 1. The molecular formula is C16H26N4. The molecule has 20 heavy (non-hydrogen) atoms. The highest BCUT2D eigenvalue weighted by Crippen LogP contribution is 2.21. The van der Waals surface area contributed by atoms with E-state index in [0.29, 0.717) is 6.04 Å². The molecule has 0 amide bonds. The summed E-state index contributed by atoms with van der Waals surface area (Å²) in [4.78, 5) is 9.42. The lowest BCUT2D eigenvalue weighted by atomic mass is 10.1. The Morgan fingerprint density at radius 2 is 1.90 bits per heavy atom. The van der Waals surface area contributed by atoms with Gasteiger partial charge in [-0.2, -0.15) is 0 Å². The SMILES string of the molecule is CN1CCCC(Nc2ccc(N3CCCC3)nc2)CC1. The molecule has 2 saturated heterocycles. The van der Waals surface area contributed by atoms with Gasteiger partial charge in [-0.1, -0.05) is 0 Å². The van der Waals surface area contributed by atoms with Crippen molar-refractivity contribution in [1.29, 1.82) is 0 Å². The monoisotopic (exact) mass is 274 g/mol. The largest absolute Gasteiger partial charge is 0.381 e. The van der Waals surface area contributed by atoms with Crippen LogP contribution in [0.3, 0.4) is 0 Å². The van der Waals surface area contributed by atoms with Crippen molar-refractivity contribution in [2.24, 2.45) is 0 Å². The van der Waals surface area contributed by atoms with Crippen LogP contribution in [0.1, 0.15) is 32.1 Å². The smallest absolute Gasteiger partial charge is 0.128 e. The van der Waals surface area contributed by atoms with Gasteiger partial charge in [0.25, 0.3) is 0 Å². The van der Waals surface area contributed by atoms with Crippen LogP contribution >= 0.6 is 0 Å². The van der Waals surface area contributed by atoms with Crippen LogP contribution in [0.4, 0.5) is 11.5 Å². The fourth-order valence-electron chi connectivity index (χ4n) is 3.22. The summed E-state index contributed by atoms with van der Waals surface area (Å²) in [7, 11) is 2.22. The number of nitrogens with zero attached hydrogens (tertiary/aromatic N) is 3. The van der Waals surface area contributed by atoms with E-state index in [1.54, 1.807) is 0 Å². The molecule has 0 bridgehead atoms. The van der Waals surface area contributed by atoms with Gasteiger partial charge in [-0.05, 0) is 64.4 Å². The van der Waals surface area contributed by atoms with Gasteiger partial charge >= 0.3 is 0 Å². The van der Waals surface area contributed by atoms with Gasteiger partial charge in [0.05, 0.1) is 11.9 Å². The van der Waals surface area contributed by atoms with Crippen molar-refractivity contribution < 1.29 is 0 Å². The number of hydrogen-bond donors (Lipinski definition) is 1. The van der Waals surface area contributed by atoms with Gasteiger partial charge in [-0.3, -0.25) is 0 Å². The molecule has 2 aliphatic rings. The van der Waals surface area contributed by atoms with Crippen LogP contribution in [0, 0.1) is 0 Å². The predicted octanol–water partition coefficient (Wildman–Crippen LogP) is 2.58. The number of rotatable bonds is 3. The average Bonchev–Trinajstić information content (AvgIpc) is 2.92. The lowest BCUT2D eigenvalue weighted by Gasteiger charge is -2.20. The molecule has 1 unspecified atom stereocenters. The second-order valence-corrected chi connectivity index (χ2v) is 6.17. The number of pyridine rings is 1. The molecule has 0 aromatic carbocycles. The van der Waals surface area contributed by atoms with E-state index in [9.17, 15) is 0 Å². The highest BCUT2D eigenvalue weighted by molar-refractivity contribution is 5.49. The highest BCUT2D eigenvalue weighted by atomic mass is 15.2. The molecule has 2 aliphatic heterocycles. The van der Waals surface area contributed by atoms with Crippen molar-refractivity contribution >= 4 is 11.5 Å². The van der Waals surface area contributed by atoms with Crippen LogP contribution in [0.25, 0.3) is 0 Å². The third kappa shape index (κ3) is 3.42. The second-order valence-electron chi connectivity index (χ2n) is 6.17. The number of hydrogen-bond acceptors (Lipinski definition) is 4. The van der Waals surface area contributed by atoms with Crippen molar-refractivity contribution in [3.05, 3.63) is 18.3 Å². The fourth-order valence-corrected chi connectivity index (χ4v) is 3.22. The summed E-state index contributed by atoms with van der Waals surface area (Å²) in [6.45, 7) is 4.74. The minimum Gasteiger partial charge on any atom is -0.381 e. The van der Waals surface area contributed by atoms with Crippen molar-refractivity contribution in [3.8, 4) is 0 Å². The fraction of sp³-hybridized carbons (Fsp3) is 0.688. The molecule has 3 heterocycles. The molecule has 3 rings (SSSR count). The van der Waals surface area contributed by atoms with Crippen LogP contribution in [-0.4, -0.2) is 49.2 Å². The van der Waals surface area contributed by atoms with E-state index >= 15 is 0 Å². The maximum absolute atomic E-state index is 4.62.